The summed E-state index contributed by atoms with van der Waals surface area (Å²) in [5, 5.41) is 0. The molecular formula is C13H21N2O+. The van der Waals surface area contributed by atoms with Gasteiger partial charge in [-0.2, -0.15) is 0 Å². The standard InChI is InChI=1S/C13H21N2O/c1-4-5-15-8-12(2)6-14(10-15)7-13(3,9-15)11(12)16/h4H,1,5-10H2,2-3H3/q+1/t12-,13-/m1/s1. The molecular weight excluding hydrogens is 200 g/mol. The van der Waals surface area contributed by atoms with Gasteiger partial charge < -0.3 is 4.48 Å². The average molecular weight is 221 g/mol. The molecule has 0 saturated carbocycles. The summed E-state index contributed by atoms with van der Waals surface area (Å²) >= 11 is 0. The molecule has 3 heteroatoms. The second kappa shape index (κ2) is 2.77. The monoisotopic (exact) mass is 221 g/mol. The van der Waals surface area contributed by atoms with Gasteiger partial charge in [-0.1, -0.05) is 6.58 Å². The van der Waals surface area contributed by atoms with Crippen LogP contribution in [-0.4, -0.2) is 54.6 Å². The van der Waals surface area contributed by atoms with Gasteiger partial charge in [-0.15, -0.1) is 0 Å². The summed E-state index contributed by atoms with van der Waals surface area (Å²) in [4.78, 5) is 15.0. The van der Waals surface area contributed by atoms with E-state index in [0.29, 0.717) is 5.78 Å². The van der Waals surface area contributed by atoms with Crippen LogP contribution in [0.3, 0.4) is 0 Å². The molecule has 4 saturated heterocycles. The van der Waals surface area contributed by atoms with E-state index in [2.05, 4.69) is 25.3 Å². The molecule has 4 heterocycles. The molecule has 0 N–H and O–H groups in total. The lowest BCUT2D eigenvalue weighted by Gasteiger charge is -2.64. The number of carbonyl (C=O) groups excluding carboxylic acids is 1. The summed E-state index contributed by atoms with van der Waals surface area (Å²) in [5.41, 5.74) is -0.209. The van der Waals surface area contributed by atoms with Crippen LogP contribution in [0.4, 0.5) is 0 Å². The molecule has 4 fully saturated rings. The van der Waals surface area contributed by atoms with Crippen LogP contribution in [0.15, 0.2) is 12.7 Å². The molecule has 0 aromatic rings. The molecule has 0 unspecified atom stereocenters. The highest BCUT2D eigenvalue weighted by Gasteiger charge is 2.65. The molecule has 88 valence electrons. The minimum atomic E-state index is -0.105. The van der Waals surface area contributed by atoms with Crippen molar-refractivity contribution in [2.24, 2.45) is 10.8 Å². The van der Waals surface area contributed by atoms with Gasteiger partial charge >= 0.3 is 0 Å². The van der Waals surface area contributed by atoms with Gasteiger partial charge in [0.05, 0.1) is 30.5 Å². The molecule has 0 spiro atoms. The van der Waals surface area contributed by atoms with E-state index in [9.17, 15) is 4.79 Å². The van der Waals surface area contributed by atoms with Crippen LogP contribution in [0, 0.1) is 10.8 Å². The van der Waals surface area contributed by atoms with Crippen molar-refractivity contribution in [1.29, 1.82) is 0 Å². The first-order valence-electron chi connectivity index (χ1n) is 6.15. The second-order valence-corrected chi connectivity index (χ2v) is 6.71. The first kappa shape index (κ1) is 10.5. The van der Waals surface area contributed by atoms with Gasteiger partial charge in [-0.05, 0) is 19.9 Å². The minimum absolute atomic E-state index is 0.105. The van der Waals surface area contributed by atoms with E-state index in [4.69, 9.17) is 0 Å². The van der Waals surface area contributed by atoms with Crippen molar-refractivity contribution in [2.75, 3.05) is 39.4 Å². The molecule has 4 rings (SSSR count). The van der Waals surface area contributed by atoms with Gasteiger partial charge in [0.15, 0.2) is 5.78 Å². The number of quaternary nitrogens is 1. The van der Waals surface area contributed by atoms with Crippen LogP contribution in [0.5, 0.6) is 0 Å². The van der Waals surface area contributed by atoms with E-state index < -0.39 is 0 Å². The van der Waals surface area contributed by atoms with E-state index in [1.807, 2.05) is 6.08 Å². The van der Waals surface area contributed by atoms with E-state index in [-0.39, 0.29) is 10.8 Å². The van der Waals surface area contributed by atoms with Gasteiger partial charge in [0.2, 0.25) is 0 Å². The smallest absolute Gasteiger partial charge is 0.158 e. The summed E-state index contributed by atoms with van der Waals surface area (Å²) in [6.45, 7) is 14.3. The molecule has 3 nitrogen and oxygen atoms in total. The topological polar surface area (TPSA) is 20.3 Å². The summed E-state index contributed by atoms with van der Waals surface area (Å²) in [6.07, 6.45) is 2.02. The zero-order valence-corrected chi connectivity index (χ0v) is 10.3. The van der Waals surface area contributed by atoms with E-state index in [0.717, 1.165) is 43.9 Å². The summed E-state index contributed by atoms with van der Waals surface area (Å²) in [6, 6.07) is 0. The Morgan fingerprint density at radius 2 is 1.94 bits per heavy atom. The van der Waals surface area contributed by atoms with Gasteiger partial charge in [0.25, 0.3) is 0 Å². The Labute approximate surface area is 97.3 Å². The fraction of sp³-hybridized carbons (Fsp3) is 0.769. The van der Waals surface area contributed by atoms with Gasteiger partial charge in [-0.3, -0.25) is 9.69 Å². The Balaban J connectivity index is 2.05. The van der Waals surface area contributed by atoms with Crippen molar-refractivity contribution in [2.45, 2.75) is 13.8 Å². The summed E-state index contributed by atoms with van der Waals surface area (Å²) < 4.78 is 1.06. The van der Waals surface area contributed by atoms with Gasteiger partial charge in [0.1, 0.15) is 6.67 Å². The lowest BCUT2D eigenvalue weighted by molar-refractivity contribution is -0.958. The molecule has 4 aliphatic rings. The van der Waals surface area contributed by atoms with Crippen molar-refractivity contribution >= 4 is 5.78 Å². The second-order valence-electron chi connectivity index (χ2n) is 6.71. The highest BCUT2D eigenvalue weighted by atomic mass is 16.1. The number of hydrogen-bond acceptors (Lipinski definition) is 2. The van der Waals surface area contributed by atoms with Crippen LogP contribution >= 0.6 is 0 Å². The fourth-order valence-electron chi connectivity index (χ4n) is 4.78. The Bertz CT molecular complexity index is 354. The first-order valence-corrected chi connectivity index (χ1v) is 6.15. The Morgan fingerprint density at radius 3 is 2.44 bits per heavy atom. The molecule has 0 aromatic heterocycles. The lowest BCUT2D eigenvalue weighted by Crippen LogP contribution is -2.81. The summed E-state index contributed by atoms with van der Waals surface area (Å²) in [7, 11) is 0. The van der Waals surface area contributed by atoms with Gasteiger partial charge in [-0.25, -0.2) is 0 Å². The largest absolute Gasteiger partial charge is 0.306 e. The minimum Gasteiger partial charge on any atom is -0.306 e. The SMILES string of the molecule is C=CC[N+]12CN3C[C@](C)(C1)C(=O)[C@](C)(C3)C2. The van der Waals surface area contributed by atoms with Gasteiger partial charge in [0, 0.05) is 13.1 Å². The number of carbonyl (C=O) groups is 1. The van der Waals surface area contributed by atoms with Crippen LogP contribution in [0.2, 0.25) is 0 Å². The Kier molecular flexibility index (Phi) is 1.81. The number of hydrogen-bond donors (Lipinski definition) is 0. The normalized spacial score (nSPS) is 54.4. The third-order valence-electron chi connectivity index (χ3n) is 4.63. The predicted molar refractivity (Wildman–Crippen MR) is 62.7 cm³/mol. The highest BCUT2D eigenvalue weighted by molar-refractivity contribution is 5.92. The maximum absolute atomic E-state index is 12.5. The van der Waals surface area contributed by atoms with Crippen LogP contribution in [-0.2, 0) is 4.79 Å². The van der Waals surface area contributed by atoms with Crippen molar-refractivity contribution in [1.82, 2.24) is 4.90 Å². The number of nitrogens with zero attached hydrogens (tertiary/aromatic N) is 2. The molecule has 4 bridgehead atoms. The fourth-order valence-corrected chi connectivity index (χ4v) is 4.78. The number of ketones is 1. The van der Waals surface area contributed by atoms with Crippen molar-refractivity contribution in [3.05, 3.63) is 12.7 Å². The van der Waals surface area contributed by atoms with Crippen molar-refractivity contribution < 1.29 is 9.28 Å². The van der Waals surface area contributed by atoms with E-state index in [1.54, 1.807) is 0 Å². The first-order chi connectivity index (χ1) is 7.41. The van der Waals surface area contributed by atoms with Crippen LogP contribution < -0.4 is 0 Å². The molecule has 2 atom stereocenters. The van der Waals surface area contributed by atoms with E-state index >= 15 is 0 Å². The van der Waals surface area contributed by atoms with Crippen molar-refractivity contribution in [3.63, 3.8) is 0 Å². The maximum Gasteiger partial charge on any atom is 0.158 e. The quantitative estimate of drug-likeness (QED) is 0.509. The van der Waals surface area contributed by atoms with E-state index in [1.165, 1.54) is 0 Å². The zero-order chi connectivity index (χ0) is 11.6. The Hall–Kier alpha value is -0.670. The highest BCUT2D eigenvalue weighted by Crippen LogP contribution is 2.49. The Morgan fingerprint density at radius 1 is 1.38 bits per heavy atom. The average Bonchev–Trinajstić information content (AvgIpc) is 2.12. The summed E-state index contributed by atoms with van der Waals surface area (Å²) in [5.74, 6) is 0.508. The third kappa shape index (κ3) is 1.13. The lowest BCUT2D eigenvalue weighted by atomic mass is 9.62. The zero-order valence-electron chi connectivity index (χ0n) is 10.3. The molecule has 4 aliphatic heterocycles. The van der Waals surface area contributed by atoms with Crippen LogP contribution in [0.1, 0.15) is 13.8 Å². The predicted octanol–water partition coefficient (Wildman–Crippen LogP) is 0.871. The number of piperidine rings is 2. The number of Topliss-reactive ketones (excluding diaryl/α,β-unsaturated/α-hetero) is 1. The van der Waals surface area contributed by atoms with Crippen LogP contribution in [0.25, 0.3) is 0 Å². The number of rotatable bonds is 2. The third-order valence-corrected chi connectivity index (χ3v) is 4.63. The molecule has 0 amide bonds. The molecule has 16 heavy (non-hydrogen) atoms. The maximum atomic E-state index is 12.5. The molecule has 0 aliphatic carbocycles. The van der Waals surface area contributed by atoms with Crippen molar-refractivity contribution in [3.8, 4) is 0 Å². The molecule has 0 radical (unpaired) electrons. The molecule has 0 aromatic carbocycles.